The predicted octanol–water partition coefficient (Wildman–Crippen LogP) is 2.73. The number of carbonyl (C=O) groups is 1. The topological polar surface area (TPSA) is 129 Å². The van der Waals surface area contributed by atoms with E-state index in [4.69, 9.17) is 19.9 Å². The molecule has 2 aromatic heterocycles. The molecule has 0 spiro atoms. The molecule has 38 heavy (non-hydrogen) atoms. The number of nitrogen functional groups attached to an aromatic ring is 1. The molecule has 1 aliphatic rings. The van der Waals surface area contributed by atoms with Gasteiger partial charge in [0.25, 0.3) is 6.47 Å². The highest BCUT2D eigenvalue weighted by Gasteiger charge is 2.37. The van der Waals surface area contributed by atoms with Crippen molar-refractivity contribution in [1.82, 2.24) is 19.9 Å². The van der Waals surface area contributed by atoms with E-state index < -0.39 is 23.9 Å². The van der Waals surface area contributed by atoms with Gasteiger partial charge in [0.15, 0.2) is 5.69 Å². The molecule has 0 saturated carbocycles. The molecule has 11 nitrogen and oxygen atoms in total. The van der Waals surface area contributed by atoms with E-state index >= 15 is 0 Å². The molecule has 3 aromatic rings. The highest BCUT2D eigenvalue weighted by Crippen LogP contribution is 2.36. The predicted molar refractivity (Wildman–Crippen MR) is 132 cm³/mol. The Balaban J connectivity index is 1.74. The van der Waals surface area contributed by atoms with Gasteiger partial charge in [-0.1, -0.05) is 12.1 Å². The van der Waals surface area contributed by atoms with E-state index in [1.54, 1.807) is 36.2 Å². The number of rotatable bonds is 9. The monoisotopic (exact) mass is 533 g/mol. The van der Waals surface area contributed by atoms with Crippen molar-refractivity contribution in [2.75, 3.05) is 62.5 Å². The maximum absolute atomic E-state index is 13.8. The summed E-state index contributed by atoms with van der Waals surface area (Å²) in [6, 6.07) is 8.38. The number of nitrogens with two attached hydrogens (primary N) is 1. The van der Waals surface area contributed by atoms with Crippen molar-refractivity contribution in [3.8, 4) is 17.0 Å². The summed E-state index contributed by atoms with van der Waals surface area (Å²) in [4.78, 5) is 30.9. The van der Waals surface area contributed by atoms with Crippen LogP contribution in [0.25, 0.3) is 11.3 Å². The molecule has 0 radical (unpaired) electrons. The average Bonchev–Trinajstić information content (AvgIpc) is 2.92. The molecule has 0 unspecified atom stereocenters. The minimum Gasteiger partial charge on any atom is -0.497 e. The first-order valence-electron chi connectivity index (χ1n) is 11.6. The number of alkyl halides is 3. The number of hydrogen-bond acceptors (Lipinski definition) is 11. The van der Waals surface area contributed by atoms with Crippen molar-refractivity contribution in [3.05, 3.63) is 47.8 Å². The van der Waals surface area contributed by atoms with Crippen LogP contribution in [0.4, 0.5) is 30.9 Å². The Morgan fingerprint density at radius 3 is 2.53 bits per heavy atom. The van der Waals surface area contributed by atoms with Gasteiger partial charge in [-0.05, 0) is 17.7 Å². The number of benzene rings is 1. The third-order valence-electron chi connectivity index (χ3n) is 5.88. The quantitative estimate of drug-likeness (QED) is 0.408. The molecular formula is C24H26F3N7O4. The molecule has 14 heteroatoms. The van der Waals surface area contributed by atoms with Gasteiger partial charge in [0.05, 0.1) is 32.6 Å². The standard InChI is InChI=1S/C24H26F3N7O4/c1-33(13-19(38-14-35)15-3-5-16(36-2)6-4-15)20-11-18(30-23(31-20)34-7-9-37-10-8-34)17-12-29-22(28)32-21(17)24(25,26)27/h3-6,11-12,14,19H,7-10,13H2,1-2H3,(H2,28,29,32)/t19-/m1/s1. The van der Waals surface area contributed by atoms with E-state index in [1.807, 2.05) is 4.90 Å². The first-order chi connectivity index (χ1) is 18.2. The number of halogens is 3. The van der Waals surface area contributed by atoms with Gasteiger partial charge in [0, 0.05) is 38.0 Å². The molecule has 1 aliphatic heterocycles. The molecular weight excluding hydrogens is 507 g/mol. The van der Waals surface area contributed by atoms with Crippen LogP contribution in [0.5, 0.6) is 5.75 Å². The normalized spacial score (nSPS) is 14.6. The Hall–Kier alpha value is -4.20. The van der Waals surface area contributed by atoms with Gasteiger partial charge in [-0.2, -0.15) is 18.2 Å². The molecule has 1 fully saturated rings. The summed E-state index contributed by atoms with van der Waals surface area (Å²) < 4.78 is 57.4. The van der Waals surface area contributed by atoms with Gasteiger partial charge in [-0.3, -0.25) is 4.79 Å². The van der Waals surface area contributed by atoms with Crippen molar-refractivity contribution in [1.29, 1.82) is 0 Å². The number of nitrogens with zero attached hydrogens (tertiary/aromatic N) is 6. The van der Waals surface area contributed by atoms with E-state index in [2.05, 4.69) is 19.9 Å². The molecule has 0 bridgehead atoms. The second-order valence-corrected chi connectivity index (χ2v) is 8.37. The van der Waals surface area contributed by atoms with Crippen LogP contribution in [-0.4, -0.2) is 73.4 Å². The Morgan fingerprint density at radius 2 is 1.89 bits per heavy atom. The van der Waals surface area contributed by atoms with Gasteiger partial charge in [0.1, 0.15) is 17.7 Å². The summed E-state index contributed by atoms with van der Waals surface area (Å²) in [5.74, 6) is 0.646. The maximum atomic E-state index is 13.8. The zero-order chi connectivity index (χ0) is 27.3. The van der Waals surface area contributed by atoms with Gasteiger partial charge in [-0.15, -0.1) is 0 Å². The fourth-order valence-corrected chi connectivity index (χ4v) is 3.91. The second-order valence-electron chi connectivity index (χ2n) is 8.37. The number of hydrogen-bond donors (Lipinski definition) is 1. The van der Waals surface area contributed by atoms with Crippen molar-refractivity contribution in [3.63, 3.8) is 0 Å². The summed E-state index contributed by atoms with van der Waals surface area (Å²) in [6.07, 6.45) is -4.49. The fourth-order valence-electron chi connectivity index (χ4n) is 3.91. The summed E-state index contributed by atoms with van der Waals surface area (Å²) in [6.45, 7) is 2.25. The van der Waals surface area contributed by atoms with Crippen LogP contribution in [0, 0.1) is 0 Å². The molecule has 1 atom stereocenters. The summed E-state index contributed by atoms with van der Waals surface area (Å²) in [5, 5.41) is 0. The minimum absolute atomic E-state index is 0.0343. The van der Waals surface area contributed by atoms with Crippen LogP contribution in [0.2, 0.25) is 0 Å². The van der Waals surface area contributed by atoms with E-state index in [-0.39, 0.29) is 23.8 Å². The third kappa shape index (κ3) is 6.19. The fraction of sp³-hybridized carbons (Fsp3) is 0.375. The van der Waals surface area contributed by atoms with E-state index in [1.165, 1.54) is 13.2 Å². The van der Waals surface area contributed by atoms with Crippen molar-refractivity contribution in [2.24, 2.45) is 0 Å². The molecule has 202 valence electrons. The molecule has 3 heterocycles. The van der Waals surface area contributed by atoms with E-state index in [0.29, 0.717) is 49.9 Å². The van der Waals surface area contributed by atoms with Gasteiger partial charge >= 0.3 is 6.18 Å². The lowest BCUT2D eigenvalue weighted by Gasteiger charge is -2.29. The molecule has 1 saturated heterocycles. The van der Waals surface area contributed by atoms with Gasteiger partial charge < -0.3 is 29.7 Å². The zero-order valence-electron chi connectivity index (χ0n) is 20.7. The average molecular weight is 534 g/mol. The third-order valence-corrected chi connectivity index (χ3v) is 5.88. The molecule has 2 N–H and O–H groups in total. The molecule has 0 aliphatic carbocycles. The summed E-state index contributed by atoms with van der Waals surface area (Å²) >= 11 is 0. The van der Waals surface area contributed by atoms with Crippen molar-refractivity contribution < 1.29 is 32.2 Å². The van der Waals surface area contributed by atoms with Crippen LogP contribution < -0.4 is 20.3 Å². The molecule has 4 rings (SSSR count). The van der Waals surface area contributed by atoms with Gasteiger partial charge in [-0.25, -0.2) is 15.0 Å². The lowest BCUT2D eigenvalue weighted by Crippen LogP contribution is -2.38. The van der Waals surface area contributed by atoms with Crippen LogP contribution in [0.3, 0.4) is 0 Å². The van der Waals surface area contributed by atoms with Crippen LogP contribution in [-0.2, 0) is 20.4 Å². The van der Waals surface area contributed by atoms with Crippen LogP contribution in [0.1, 0.15) is 17.4 Å². The van der Waals surface area contributed by atoms with Crippen molar-refractivity contribution >= 4 is 24.2 Å². The first kappa shape index (κ1) is 26.9. The van der Waals surface area contributed by atoms with Crippen LogP contribution >= 0.6 is 0 Å². The number of ether oxygens (including phenoxy) is 3. The lowest BCUT2D eigenvalue weighted by molar-refractivity contribution is -0.140. The summed E-state index contributed by atoms with van der Waals surface area (Å²) in [7, 11) is 3.22. The maximum Gasteiger partial charge on any atom is 0.434 e. The van der Waals surface area contributed by atoms with E-state index in [0.717, 1.165) is 6.20 Å². The highest BCUT2D eigenvalue weighted by molar-refractivity contribution is 5.67. The zero-order valence-corrected chi connectivity index (χ0v) is 20.7. The largest absolute Gasteiger partial charge is 0.497 e. The number of carbonyl (C=O) groups excluding carboxylic acids is 1. The van der Waals surface area contributed by atoms with Crippen LogP contribution in [0.15, 0.2) is 36.5 Å². The SMILES string of the molecule is COc1ccc([C@@H](CN(C)c2cc(-c3cnc(N)nc3C(F)(F)F)nc(N3CCOCC3)n2)OC=O)cc1. The van der Waals surface area contributed by atoms with Crippen molar-refractivity contribution in [2.45, 2.75) is 12.3 Å². The number of aromatic nitrogens is 4. The Bertz CT molecular complexity index is 1250. The first-order valence-corrected chi connectivity index (χ1v) is 11.6. The number of methoxy groups -OCH3 is 1. The number of anilines is 3. The van der Waals surface area contributed by atoms with Gasteiger partial charge in [0.2, 0.25) is 11.9 Å². The number of morpholine rings is 1. The molecule has 0 amide bonds. The smallest absolute Gasteiger partial charge is 0.434 e. The Kier molecular flexibility index (Phi) is 8.10. The Morgan fingerprint density at radius 1 is 1.18 bits per heavy atom. The van der Waals surface area contributed by atoms with E-state index in [9.17, 15) is 18.0 Å². The minimum atomic E-state index is -4.79. The second kappa shape index (κ2) is 11.5. The lowest BCUT2D eigenvalue weighted by atomic mass is 10.1. The highest BCUT2D eigenvalue weighted by atomic mass is 19.4. The number of likely N-dealkylation sites (N-methyl/N-ethyl adjacent to an activating group) is 1. The Labute approximate surface area is 216 Å². The molecule has 1 aromatic carbocycles. The summed E-state index contributed by atoms with van der Waals surface area (Å²) in [5.41, 5.74) is 4.57.